The molecule has 0 aliphatic heterocycles. The maximum absolute atomic E-state index is 13.7. The van der Waals surface area contributed by atoms with Gasteiger partial charge in [0.25, 0.3) is 0 Å². The molecular formula is C13H15ClFNO2Si. The minimum Gasteiger partial charge on any atom is -0.453 e. The van der Waals surface area contributed by atoms with Crippen LogP contribution in [0.4, 0.5) is 14.9 Å². The lowest BCUT2D eigenvalue weighted by atomic mass is 10.2. The standard InChI is InChI=1S/C13H15ClFNO2Si/c1-6-8-11(14)9(15)7-10(16-13(17)18-2)12(8)19(3,4)5/h1,7H,2-5H3,(H,16,17). The lowest BCUT2D eigenvalue weighted by Gasteiger charge is -2.24. The third-order valence-corrected chi connectivity index (χ3v) is 4.92. The maximum atomic E-state index is 13.7. The lowest BCUT2D eigenvalue weighted by molar-refractivity contribution is 0.187. The molecule has 19 heavy (non-hydrogen) atoms. The van der Waals surface area contributed by atoms with Crippen LogP contribution in [0.3, 0.4) is 0 Å². The quantitative estimate of drug-likeness (QED) is 0.673. The first-order valence-electron chi connectivity index (χ1n) is 5.56. The smallest absolute Gasteiger partial charge is 0.411 e. The van der Waals surface area contributed by atoms with Gasteiger partial charge in [0, 0.05) is 11.3 Å². The Balaban J connectivity index is 3.58. The van der Waals surface area contributed by atoms with Gasteiger partial charge in [-0.3, -0.25) is 5.32 Å². The average Bonchev–Trinajstić information content (AvgIpc) is 2.31. The van der Waals surface area contributed by atoms with E-state index in [0.29, 0.717) is 11.3 Å². The molecular weight excluding hydrogens is 285 g/mol. The first-order chi connectivity index (χ1) is 8.72. The highest BCUT2D eigenvalue weighted by molar-refractivity contribution is 6.90. The van der Waals surface area contributed by atoms with Crippen molar-refractivity contribution in [3.63, 3.8) is 0 Å². The van der Waals surface area contributed by atoms with Crippen molar-refractivity contribution in [2.75, 3.05) is 12.4 Å². The van der Waals surface area contributed by atoms with Crippen LogP contribution in [0.2, 0.25) is 24.7 Å². The molecule has 0 aliphatic carbocycles. The highest BCUT2D eigenvalue weighted by Gasteiger charge is 2.27. The lowest BCUT2D eigenvalue weighted by Crippen LogP contribution is -2.42. The van der Waals surface area contributed by atoms with Gasteiger partial charge in [0.1, 0.15) is 5.82 Å². The number of methoxy groups -OCH3 is 1. The third-order valence-electron chi connectivity index (χ3n) is 2.54. The number of hydrogen-bond donors (Lipinski definition) is 1. The van der Waals surface area contributed by atoms with Crippen LogP contribution < -0.4 is 10.5 Å². The maximum Gasteiger partial charge on any atom is 0.411 e. The van der Waals surface area contributed by atoms with Crippen molar-refractivity contribution in [1.82, 2.24) is 0 Å². The van der Waals surface area contributed by atoms with Crippen LogP contribution in [0, 0.1) is 18.2 Å². The van der Waals surface area contributed by atoms with Gasteiger partial charge in [0.2, 0.25) is 0 Å². The van der Waals surface area contributed by atoms with Crippen molar-refractivity contribution in [1.29, 1.82) is 0 Å². The van der Waals surface area contributed by atoms with Crippen molar-refractivity contribution in [2.24, 2.45) is 0 Å². The number of terminal acetylenes is 1. The predicted molar refractivity (Wildman–Crippen MR) is 78.4 cm³/mol. The summed E-state index contributed by atoms with van der Waals surface area (Å²) in [4.78, 5) is 11.3. The van der Waals surface area contributed by atoms with Gasteiger partial charge >= 0.3 is 6.09 Å². The number of hydrogen-bond acceptors (Lipinski definition) is 2. The van der Waals surface area contributed by atoms with E-state index in [0.717, 1.165) is 5.19 Å². The molecule has 0 bridgehead atoms. The zero-order valence-corrected chi connectivity index (χ0v) is 13.0. The SMILES string of the molecule is C#Cc1c(Cl)c(F)cc(NC(=O)OC)c1[Si](C)(C)C. The van der Waals surface area contributed by atoms with Crippen LogP contribution in [0.15, 0.2) is 6.07 Å². The molecule has 6 heteroatoms. The van der Waals surface area contributed by atoms with E-state index in [1.807, 2.05) is 19.6 Å². The van der Waals surface area contributed by atoms with Crippen molar-refractivity contribution in [2.45, 2.75) is 19.6 Å². The van der Waals surface area contributed by atoms with Crippen LogP contribution >= 0.6 is 11.6 Å². The number of amides is 1. The third kappa shape index (κ3) is 3.28. The van der Waals surface area contributed by atoms with Crippen LogP contribution in [0.5, 0.6) is 0 Å². The predicted octanol–water partition coefficient (Wildman–Crippen LogP) is 3.18. The second kappa shape index (κ2) is 5.64. The summed E-state index contributed by atoms with van der Waals surface area (Å²) in [5, 5.41) is 3.13. The summed E-state index contributed by atoms with van der Waals surface area (Å²) in [5.41, 5.74) is 0.619. The first kappa shape index (κ1) is 15.5. The Labute approximate surface area is 118 Å². The Morgan fingerprint density at radius 1 is 1.53 bits per heavy atom. The summed E-state index contributed by atoms with van der Waals surface area (Å²) in [6.45, 7) is 6.08. The Bertz CT molecular complexity index is 561. The first-order valence-corrected chi connectivity index (χ1v) is 9.44. The highest BCUT2D eigenvalue weighted by atomic mass is 35.5. The number of halogens is 2. The fourth-order valence-electron chi connectivity index (χ4n) is 1.80. The number of nitrogens with one attached hydrogen (secondary N) is 1. The molecule has 0 unspecified atom stereocenters. The number of carbonyl (C=O) groups excluding carboxylic acids is 1. The van der Waals surface area contributed by atoms with Crippen molar-refractivity contribution < 1.29 is 13.9 Å². The van der Waals surface area contributed by atoms with Gasteiger partial charge in [0.15, 0.2) is 0 Å². The fourth-order valence-corrected chi connectivity index (χ4v) is 3.97. The average molecular weight is 300 g/mol. The van der Waals surface area contributed by atoms with Gasteiger partial charge in [-0.15, -0.1) is 6.42 Å². The van der Waals surface area contributed by atoms with Gasteiger partial charge in [0.05, 0.1) is 20.2 Å². The number of rotatable bonds is 2. The second-order valence-corrected chi connectivity index (χ2v) is 10.4. The fraction of sp³-hybridized carbons (Fsp3) is 0.308. The van der Waals surface area contributed by atoms with Crippen LogP contribution in [-0.4, -0.2) is 21.3 Å². The van der Waals surface area contributed by atoms with Crippen molar-refractivity contribution in [3.05, 3.63) is 22.5 Å². The molecule has 0 aromatic heterocycles. The number of benzene rings is 1. The number of anilines is 1. The van der Waals surface area contributed by atoms with E-state index in [4.69, 9.17) is 18.0 Å². The van der Waals surface area contributed by atoms with Gasteiger partial charge in [-0.25, -0.2) is 9.18 Å². The molecule has 1 aromatic carbocycles. The van der Waals surface area contributed by atoms with Crippen molar-refractivity contribution >= 4 is 36.6 Å². The van der Waals surface area contributed by atoms with E-state index in [2.05, 4.69) is 16.0 Å². The molecule has 1 amide bonds. The van der Waals surface area contributed by atoms with Crippen molar-refractivity contribution in [3.8, 4) is 12.3 Å². The minimum atomic E-state index is -1.94. The highest BCUT2D eigenvalue weighted by Crippen LogP contribution is 2.25. The Kier molecular flexibility index (Phi) is 4.61. The van der Waals surface area contributed by atoms with E-state index in [-0.39, 0.29) is 5.02 Å². The summed E-state index contributed by atoms with van der Waals surface area (Å²) in [6.07, 6.45) is 4.75. The van der Waals surface area contributed by atoms with Gasteiger partial charge in [-0.2, -0.15) is 0 Å². The molecule has 0 spiro atoms. The Hall–Kier alpha value is -1.51. The van der Waals surface area contributed by atoms with E-state index in [1.54, 1.807) is 0 Å². The number of ether oxygens (including phenoxy) is 1. The number of carbonyl (C=O) groups is 1. The van der Waals surface area contributed by atoms with E-state index >= 15 is 0 Å². The van der Waals surface area contributed by atoms with E-state index in [1.165, 1.54) is 13.2 Å². The van der Waals surface area contributed by atoms with Gasteiger partial charge in [-0.05, 0) is 11.3 Å². The van der Waals surface area contributed by atoms with Gasteiger partial charge < -0.3 is 4.74 Å². The summed E-state index contributed by atoms with van der Waals surface area (Å²) in [7, 11) is -0.707. The molecule has 0 atom stereocenters. The molecule has 0 fully saturated rings. The minimum absolute atomic E-state index is 0.0876. The molecule has 0 radical (unpaired) electrons. The van der Waals surface area contributed by atoms with Crippen LogP contribution in [0.25, 0.3) is 0 Å². The summed E-state index contributed by atoms with van der Waals surface area (Å²) in [6, 6.07) is 1.17. The molecule has 0 saturated carbocycles. The molecule has 0 aliphatic rings. The summed E-state index contributed by atoms with van der Waals surface area (Å²) in [5.74, 6) is 1.75. The largest absolute Gasteiger partial charge is 0.453 e. The molecule has 102 valence electrons. The molecule has 3 nitrogen and oxygen atoms in total. The van der Waals surface area contributed by atoms with E-state index < -0.39 is 20.0 Å². The normalized spacial score (nSPS) is 10.8. The Morgan fingerprint density at radius 3 is 2.53 bits per heavy atom. The van der Waals surface area contributed by atoms with E-state index in [9.17, 15) is 9.18 Å². The van der Waals surface area contributed by atoms with Crippen LogP contribution in [-0.2, 0) is 4.74 Å². The monoisotopic (exact) mass is 299 g/mol. The molecule has 1 aromatic rings. The zero-order chi connectivity index (χ0) is 14.8. The van der Waals surface area contributed by atoms with Gasteiger partial charge in [-0.1, -0.05) is 37.2 Å². The molecule has 0 heterocycles. The zero-order valence-electron chi connectivity index (χ0n) is 11.2. The molecule has 1 N–H and O–H groups in total. The molecule has 0 saturated heterocycles. The second-order valence-electron chi connectivity index (χ2n) is 4.98. The Morgan fingerprint density at radius 2 is 2.11 bits per heavy atom. The molecule has 1 rings (SSSR count). The topological polar surface area (TPSA) is 38.3 Å². The van der Waals surface area contributed by atoms with Crippen LogP contribution in [0.1, 0.15) is 5.56 Å². The summed E-state index contributed by atoms with van der Waals surface area (Å²) >= 11 is 5.91. The summed E-state index contributed by atoms with van der Waals surface area (Å²) < 4.78 is 18.3.